The third-order valence-electron chi connectivity index (χ3n) is 6.38. The van der Waals surface area contributed by atoms with Crippen molar-refractivity contribution in [3.63, 3.8) is 0 Å². The SMILES string of the molecule is Cc1nc(-c2nnn(C)c2CCNC(=O)Cc2ccccc2)ccc1O[C@H]1CCC[C@H](C(=O)O)C1. The van der Waals surface area contributed by atoms with E-state index in [9.17, 15) is 14.7 Å². The molecule has 0 aliphatic heterocycles. The molecule has 9 heteroatoms. The summed E-state index contributed by atoms with van der Waals surface area (Å²) in [5.74, 6) is -0.480. The van der Waals surface area contributed by atoms with E-state index >= 15 is 0 Å². The summed E-state index contributed by atoms with van der Waals surface area (Å²) >= 11 is 0. The summed E-state index contributed by atoms with van der Waals surface area (Å²) in [6.07, 6.45) is 3.69. The van der Waals surface area contributed by atoms with Crippen LogP contribution in [0.15, 0.2) is 42.5 Å². The predicted molar refractivity (Wildman–Crippen MR) is 130 cm³/mol. The number of benzene rings is 1. The molecular formula is C26H31N5O4. The Morgan fingerprint density at radius 1 is 1.17 bits per heavy atom. The van der Waals surface area contributed by atoms with Gasteiger partial charge in [0.1, 0.15) is 11.4 Å². The number of pyridine rings is 1. The van der Waals surface area contributed by atoms with E-state index in [0.29, 0.717) is 55.1 Å². The molecule has 9 nitrogen and oxygen atoms in total. The maximum absolute atomic E-state index is 12.3. The third-order valence-corrected chi connectivity index (χ3v) is 6.38. The first-order valence-corrected chi connectivity index (χ1v) is 12.0. The molecule has 2 N–H and O–H groups in total. The highest BCUT2D eigenvalue weighted by Crippen LogP contribution is 2.30. The minimum Gasteiger partial charge on any atom is -0.489 e. The van der Waals surface area contributed by atoms with Gasteiger partial charge in [-0.3, -0.25) is 14.3 Å². The number of hydrogen-bond donors (Lipinski definition) is 2. The standard InChI is InChI=1S/C26H31N5O4/c1-17-23(35-20-10-6-9-19(16-20)26(33)34)12-11-21(28-17)25-22(31(2)30-29-25)13-14-27-24(32)15-18-7-4-3-5-8-18/h3-5,7-8,11-12,19-20H,6,9-10,13-16H2,1-2H3,(H,27,32)(H,33,34)/t19-,20-/m0/s1. The first-order chi connectivity index (χ1) is 16.9. The molecule has 0 saturated heterocycles. The number of carbonyl (C=O) groups excluding carboxylic acids is 1. The topological polar surface area (TPSA) is 119 Å². The van der Waals surface area contributed by atoms with Gasteiger partial charge in [0.05, 0.1) is 35.5 Å². The zero-order chi connectivity index (χ0) is 24.8. The summed E-state index contributed by atoms with van der Waals surface area (Å²) in [7, 11) is 1.82. The van der Waals surface area contributed by atoms with Crippen molar-refractivity contribution in [1.29, 1.82) is 0 Å². The van der Waals surface area contributed by atoms with Crippen LogP contribution in [-0.4, -0.2) is 49.6 Å². The summed E-state index contributed by atoms with van der Waals surface area (Å²) in [6.45, 7) is 2.34. The molecule has 35 heavy (non-hydrogen) atoms. The Bertz CT molecular complexity index is 1180. The summed E-state index contributed by atoms with van der Waals surface area (Å²) < 4.78 is 7.82. The van der Waals surface area contributed by atoms with Crippen molar-refractivity contribution >= 4 is 11.9 Å². The molecule has 1 aliphatic carbocycles. The molecule has 1 aliphatic rings. The summed E-state index contributed by atoms with van der Waals surface area (Å²) in [5.41, 5.74) is 3.92. The Labute approximate surface area is 204 Å². The Morgan fingerprint density at radius 2 is 1.97 bits per heavy atom. The Morgan fingerprint density at radius 3 is 2.71 bits per heavy atom. The van der Waals surface area contributed by atoms with Crippen LogP contribution in [0.1, 0.15) is 42.6 Å². The van der Waals surface area contributed by atoms with E-state index in [4.69, 9.17) is 9.72 Å². The normalized spacial score (nSPS) is 17.7. The number of carbonyl (C=O) groups is 2. The fourth-order valence-corrected chi connectivity index (χ4v) is 4.48. The number of hydrogen-bond acceptors (Lipinski definition) is 6. The average Bonchev–Trinajstić information content (AvgIpc) is 3.21. The molecule has 1 amide bonds. The smallest absolute Gasteiger partial charge is 0.306 e. The molecule has 3 aromatic rings. The minimum absolute atomic E-state index is 0.0313. The van der Waals surface area contributed by atoms with Crippen molar-refractivity contribution in [2.24, 2.45) is 13.0 Å². The van der Waals surface area contributed by atoms with Crippen molar-refractivity contribution in [1.82, 2.24) is 25.3 Å². The van der Waals surface area contributed by atoms with E-state index in [0.717, 1.165) is 24.1 Å². The van der Waals surface area contributed by atoms with Crippen molar-refractivity contribution in [3.8, 4) is 17.1 Å². The number of amides is 1. The van der Waals surface area contributed by atoms with Crippen LogP contribution in [0.25, 0.3) is 11.4 Å². The van der Waals surface area contributed by atoms with Crippen LogP contribution in [0.5, 0.6) is 5.75 Å². The fraction of sp³-hybridized carbons (Fsp3) is 0.423. The minimum atomic E-state index is -0.755. The molecule has 0 radical (unpaired) electrons. The second-order valence-corrected chi connectivity index (χ2v) is 8.99. The number of carboxylic acid groups (broad SMARTS) is 1. The number of nitrogens with one attached hydrogen (secondary N) is 1. The number of aliphatic carboxylic acids is 1. The molecule has 2 aromatic heterocycles. The molecule has 0 unspecified atom stereocenters. The molecule has 2 atom stereocenters. The van der Waals surface area contributed by atoms with Crippen LogP contribution >= 0.6 is 0 Å². The summed E-state index contributed by atoms with van der Waals surface area (Å²) in [4.78, 5) is 28.3. The maximum atomic E-state index is 12.3. The van der Waals surface area contributed by atoms with Gasteiger partial charge < -0.3 is 15.2 Å². The highest BCUT2D eigenvalue weighted by Gasteiger charge is 2.28. The summed E-state index contributed by atoms with van der Waals surface area (Å²) in [6, 6.07) is 13.3. The molecule has 2 heterocycles. The highest BCUT2D eigenvalue weighted by molar-refractivity contribution is 5.78. The van der Waals surface area contributed by atoms with Gasteiger partial charge in [-0.05, 0) is 50.3 Å². The lowest BCUT2D eigenvalue weighted by molar-refractivity contribution is -0.143. The van der Waals surface area contributed by atoms with E-state index in [1.165, 1.54) is 0 Å². The van der Waals surface area contributed by atoms with Gasteiger partial charge in [-0.15, -0.1) is 5.10 Å². The molecule has 1 saturated carbocycles. The van der Waals surface area contributed by atoms with E-state index < -0.39 is 5.97 Å². The van der Waals surface area contributed by atoms with Gasteiger partial charge in [0, 0.05) is 20.0 Å². The zero-order valence-corrected chi connectivity index (χ0v) is 20.1. The van der Waals surface area contributed by atoms with Gasteiger partial charge in [0.2, 0.25) is 5.91 Å². The zero-order valence-electron chi connectivity index (χ0n) is 20.1. The number of carboxylic acids is 1. The number of aromatic nitrogens is 4. The van der Waals surface area contributed by atoms with Crippen molar-refractivity contribution in [2.45, 2.75) is 51.6 Å². The maximum Gasteiger partial charge on any atom is 0.306 e. The van der Waals surface area contributed by atoms with Gasteiger partial charge >= 0.3 is 5.97 Å². The second kappa shape index (κ2) is 11.1. The van der Waals surface area contributed by atoms with Gasteiger partial charge in [-0.2, -0.15) is 0 Å². The largest absolute Gasteiger partial charge is 0.489 e. The first-order valence-electron chi connectivity index (χ1n) is 12.0. The fourth-order valence-electron chi connectivity index (χ4n) is 4.48. The van der Waals surface area contributed by atoms with E-state index in [2.05, 4.69) is 15.6 Å². The third kappa shape index (κ3) is 6.23. The van der Waals surface area contributed by atoms with Crippen LogP contribution in [0.4, 0.5) is 0 Å². The lowest BCUT2D eigenvalue weighted by atomic mass is 9.87. The van der Waals surface area contributed by atoms with Crippen LogP contribution < -0.4 is 10.1 Å². The predicted octanol–water partition coefficient (Wildman–Crippen LogP) is 3.11. The van der Waals surface area contributed by atoms with Crippen molar-refractivity contribution in [3.05, 3.63) is 59.4 Å². The van der Waals surface area contributed by atoms with Crippen LogP contribution in [-0.2, 0) is 29.5 Å². The lowest BCUT2D eigenvalue weighted by Crippen LogP contribution is -2.29. The van der Waals surface area contributed by atoms with E-state index in [-0.39, 0.29) is 17.9 Å². The number of ether oxygens (including phenoxy) is 1. The molecule has 1 fully saturated rings. The number of aryl methyl sites for hydroxylation is 2. The van der Waals surface area contributed by atoms with Gasteiger partial charge in [-0.25, -0.2) is 4.98 Å². The molecule has 1 aromatic carbocycles. The Balaban J connectivity index is 1.38. The van der Waals surface area contributed by atoms with Gasteiger partial charge in [0.15, 0.2) is 0 Å². The lowest BCUT2D eigenvalue weighted by Gasteiger charge is -2.27. The number of nitrogens with zero attached hydrogens (tertiary/aromatic N) is 4. The molecule has 184 valence electrons. The first kappa shape index (κ1) is 24.4. The summed E-state index contributed by atoms with van der Waals surface area (Å²) in [5, 5.41) is 20.7. The van der Waals surface area contributed by atoms with E-state index in [1.807, 2.05) is 56.4 Å². The Hall–Kier alpha value is -3.75. The molecule has 0 bridgehead atoms. The second-order valence-electron chi connectivity index (χ2n) is 8.99. The average molecular weight is 478 g/mol. The van der Waals surface area contributed by atoms with Crippen molar-refractivity contribution < 1.29 is 19.4 Å². The molecule has 4 rings (SSSR count). The van der Waals surface area contributed by atoms with Crippen LogP contribution in [0, 0.1) is 12.8 Å². The number of rotatable bonds is 9. The highest BCUT2D eigenvalue weighted by atomic mass is 16.5. The van der Waals surface area contributed by atoms with E-state index in [1.54, 1.807) is 4.68 Å². The van der Waals surface area contributed by atoms with Crippen molar-refractivity contribution in [2.75, 3.05) is 6.54 Å². The van der Waals surface area contributed by atoms with Crippen LogP contribution in [0.3, 0.4) is 0 Å². The quantitative estimate of drug-likeness (QED) is 0.486. The Kier molecular flexibility index (Phi) is 7.74. The van der Waals surface area contributed by atoms with Crippen LogP contribution in [0.2, 0.25) is 0 Å². The molecule has 0 spiro atoms. The monoisotopic (exact) mass is 477 g/mol. The van der Waals surface area contributed by atoms with Gasteiger partial charge in [0.25, 0.3) is 0 Å². The van der Waals surface area contributed by atoms with Gasteiger partial charge in [-0.1, -0.05) is 35.5 Å². The molecular weight excluding hydrogens is 446 g/mol.